The first-order valence-electron chi connectivity index (χ1n) is 7.92. The first-order valence-corrected chi connectivity index (χ1v) is 7.92. The number of fused-ring (bicyclic) bond motifs is 1. The number of carbonyl (C=O) groups is 2. The van der Waals surface area contributed by atoms with E-state index in [0.717, 1.165) is 19.3 Å². The highest BCUT2D eigenvalue weighted by molar-refractivity contribution is 5.99. The standard InChI is InChI=1S/C20H18N2O2/c1-2-14-5-3-8-18(11-14)22-19(23)13-21-20(24)17-10-9-15-6-4-7-16(15)12-17/h1,3,5,8-12H,4,6-7,13H2,(H,21,24)(H,22,23). The zero-order chi connectivity index (χ0) is 16.9. The lowest BCUT2D eigenvalue weighted by Crippen LogP contribution is -2.32. The van der Waals surface area contributed by atoms with Gasteiger partial charge in [0.25, 0.3) is 5.91 Å². The molecule has 2 N–H and O–H groups in total. The summed E-state index contributed by atoms with van der Waals surface area (Å²) in [6.45, 7) is -0.0871. The van der Waals surface area contributed by atoms with Gasteiger partial charge in [-0.05, 0) is 60.7 Å². The molecular weight excluding hydrogens is 300 g/mol. The minimum absolute atomic E-state index is 0.0871. The number of terminal acetylenes is 1. The Bertz CT molecular complexity index is 834. The number of nitrogens with one attached hydrogen (secondary N) is 2. The van der Waals surface area contributed by atoms with E-state index in [-0.39, 0.29) is 18.4 Å². The number of carbonyl (C=O) groups excluding carboxylic acids is 2. The van der Waals surface area contributed by atoms with Crippen molar-refractivity contribution in [1.29, 1.82) is 0 Å². The van der Waals surface area contributed by atoms with Crippen LogP contribution in [-0.2, 0) is 17.6 Å². The molecule has 4 nitrogen and oxygen atoms in total. The van der Waals surface area contributed by atoms with Crippen LogP contribution in [0.25, 0.3) is 0 Å². The minimum atomic E-state index is -0.293. The molecular formula is C20H18N2O2. The van der Waals surface area contributed by atoms with Crippen LogP contribution < -0.4 is 10.6 Å². The molecule has 0 radical (unpaired) electrons. The molecule has 0 heterocycles. The monoisotopic (exact) mass is 318 g/mol. The number of hydrogen-bond donors (Lipinski definition) is 2. The van der Waals surface area contributed by atoms with Crippen molar-refractivity contribution >= 4 is 17.5 Å². The van der Waals surface area contributed by atoms with Crippen LogP contribution in [0.4, 0.5) is 5.69 Å². The highest BCUT2D eigenvalue weighted by Crippen LogP contribution is 2.22. The molecule has 120 valence electrons. The molecule has 1 aliphatic rings. The normalized spacial score (nSPS) is 12.1. The molecule has 4 heteroatoms. The Hall–Kier alpha value is -3.06. The molecule has 0 saturated carbocycles. The smallest absolute Gasteiger partial charge is 0.251 e. The zero-order valence-corrected chi connectivity index (χ0v) is 13.3. The van der Waals surface area contributed by atoms with Gasteiger partial charge in [-0.2, -0.15) is 0 Å². The number of amides is 2. The molecule has 0 spiro atoms. The third-order valence-electron chi connectivity index (χ3n) is 4.08. The van der Waals surface area contributed by atoms with Crippen LogP contribution in [0.15, 0.2) is 42.5 Å². The van der Waals surface area contributed by atoms with Gasteiger partial charge in [0.05, 0.1) is 6.54 Å². The van der Waals surface area contributed by atoms with E-state index in [1.165, 1.54) is 11.1 Å². The van der Waals surface area contributed by atoms with Gasteiger partial charge in [-0.25, -0.2) is 0 Å². The summed E-state index contributed by atoms with van der Waals surface area (Å²) in [5.41, 5.74) is 4.45. The van der Waals surface area contributed by atoms with Crippen LogP contribution in [0.1, 0.15) is 33.5 Å². The van der Waals surface area contributed by atoms with Gasteiger partial charge in [0, 0.05) is 16.8 Å². The fourth-order valence-corrected chi connectivity index (χ4v) is 2.87. The molecule has 24 heavy (non-hydrogen) atoms. The Morgan fingerprint density at radius 1 is 1.08 bits per heavy atom. The van der Waals surface area contributed by atoms with Crippen molar-refractivity contribution in [3.63, 3.8) is 0 Å². The Morgan fingerprint density at radius 3 is 2.75 bits per heavy atom. The SMILES string of the molecule is C#Cc1cccc(NC(=O)CNC(=O)c2ccc3c(c2)CCC3)c1. The van der Waals surface area contributed by atoms with E-state index in [9.17, 15) is 9.59 Å². The zero-order valence-electron chi connectivity index (χ0n) is 13.3. The minimum Gasteiger partial charge on any atom is -0.343 e. The van der Waals surface area contributed by atoms with Crippen molar-refractivity contribution in [2.24, 2.45) is 0 Å². The molecule has 1 aliphatic carbocycles. The molecule has 0 aromatic heterocycles. The maximum absolute atomic E-state index is 12.2. The van der Waals surface area contributed by atoms with Gasteiger partial charge in [0.1, 0.15) is 0 Å². The second-order valence-electron chi connectivity index (χ2n) is 5.79. The van der Waals surface area contributed by atoms with Gasteiger partial charge in [-0.3, -0.25) is 9.59 Å². The summed E-state index contributed by atoms with van der Waals surface area (Å²) in [5, 5.41) is 5.36. The highest BCUT2D eigenvalue weighted by atomic mass is 16.2. The van der Waals surface area contributed by atoms with E-state index >= 15 is 0 Å². The lowest BCUT2D eigenvalue weighted by molar-refractivity contribution is -0.115. The third-order valence-corrected chi connectivity index (χ3v) is 4.08. The molecule has 0 fully saturated rings. The van der Waals surface area contributed by atoms with Crippen molar-refractivity contribution in [3.8, 4) is 12.3 Å². The Morgan fingerprint density at radius 2 is 1.92 bits per heavy atom. The summed E-state index contributed by atoms with van der Waals surface area (Å²) in [6.07, 6.45) is 8.57. The van der Waals surface area contributed by atoms with E-state index in [1.54, 1.807) is 24.3 Å². The average molecular weight is 318 g/mol. The molecule has 0 unspecified atom stereocenters. The maximum atomic E-state index is 12.2. The average Bonchev–Trinajstić information content (AvgIpc) is 3.07. The van der Waals surface area contributed by atoms with Crippen LogP contribution >= 0.6 is 0 Å². The van der Waals surface area contributed by atoms with Gasteiger partial charge < -0.3 is 10.6 Å². The number of benzene rings is 2. The molecule has 3 rings (SSSR count). The Kier molecular flexibility index (Phi) is 4.62. The lowest BCUT2D eigenvalue weighted by atomic mass is 10.1. The highest BCUT2D eigenvalue weighted by Gasteiger charge is 2.14. The summed E-state index contributed by atoms with van der Waals surface area (Å²) >= 11 is 0. The van der Waals surface area contributed by atoms with Crippen molar-refractivity contribution in [2.75, 3.05) is 11.9 Å². The van der Waals surface area contributed by atoms with E-state index in [0.29, 0.717) is 16.8 Å². The van der Waals surface area contributed by atoms with Crippen molar-refractivity contribution < 1.29 is 9.59 Å². The quantitative estimate of drug-likeness (QED) is 0.851. The number of aryl methyl sites for hydroxylation is 2. The number of rotatable bonds is 4. The summed E-state index contributed by atoms with van der Waals surface area (Å²) in [7, 11) is 0. The predicted molar refractivity (Wildman–Crippen MR) is 93.8 cm³/mol. The summed E-state index contributed by atoms with van der Waals surface area (Å²) in [6, 6.07) is 12.8. The van der Waals surface area contributed by atoms with Crippen LogP contribution in [0.3, 0.4) is 0 Å². The van der Waals surface area contributed by atoms with Crippen LogP contribution in [0.5, 0.6) is 0 Å². The second kappa shape index (κ2) is 7.01. The molecule has 0 saturated heterocycles. The van der Waals surface area contributed by atoms with Crippen molar-refractivity contribution in [1.82, 2.24) is 5.32 Å². The summed E-state index contributed by atoms with van der Waals surface area (Å²) in [5.74, 6) is 1.98. The molecule has 2 aromatic carbocycles. The molecule has 2 amide bonds. The second-order valence-corrected chi connectivity index (χ2v) is 5.79. The Balaban J connectivity index is 1.56. The van der Waals surface area contributed by atoms with Gasteiger partial charge in [-0.1, -0.05) is 18.1 Å². The van der Waals surface area contributed by atoms with Gasteiger partial charge in [0.2, 0.25) is 5.91 Å². The van der Waals surface area contributed by atoms with Crippen LogP contribution in [-0.4, -0.2) is 18.4 Å². The van der Waals surface area contributed by atoms with E-state index < -0.39 is 0 Å². The van der Waals surface area contributed by atoms with Crippen molar-refractivity contribution in [3.05, 3.63) is 64.7 Å². The first-order chi connectivity index (χ1) is 11.7. The van der Waals surface area contributed by atoms with Crippen molar-refractivity contribution in [2.45, 2.75) is 19.3 Å². The summed E-state index contributed by atoms with van der Waals surface area (Å²) in [4.78, 5) is 24.1. The molecule has 0 atom stereocenters. The van der Waals surface area contributed by atoms with Gasteiger partial charge in [0.15, 0.2) is 0 Å². The van der Waals surface area contributed by atoms with Crippen LogP contribution in [0, 0.1) is 12.3 Å². The molecule has 0 bridgehead atoms. The third kappa shape index (κ3) is 3.64. The van der Waals surface area contributed by atoms with Gasteiger partial charge in [-0.15, -0.1) is 6.42 Å². The lowest BCUT2D eigenvalue weighted by Gasteiger charge is -2.08. The van der Waals surface area contributed by atoms with E-state index in [1.807, 2.05) is 18.2 Å². The Labute approximate surface area is 141 Å². The van der Waals surface area contributed by atoms with Crippen LogP contribution in [0.2, 0.25) is 0 Å². The first kappa shape index (κ1) is 15.8. The summed E-state index contributed by atoms with van der Waals surface area (Å²) < 4.78 is 0. The fraction of sp³-hybridized carbons (Fsp3) is 0.200. The van der Waals surface area contributed by atoms with Gasteiger partial charge >= 0.3 is 0 Å². The number of hydrogen-bond acceptors (Lipinski definition) is 2. The predicted octanol–water partition coefficient (Wildman–Crippen LogP) is 2.53. The fourth-order valence-electron chi connectivity index (χ4n) is 2.87. The van der Waals surface area contributed by atoms with E-state index in [4.69, 9.17) is 6.42 Å². The molecule has 2 aromatic rings. The maximum Gasteiger partial charge on any atom is 0.251 e. The molecule has 0 aliphatic heterocycles. The van der Waals surface area contributed by atoms with E-state index in [2.05, 4.69) is 16.6 Å². The topological polar surface area (TPSA) is 58.2 Å². The largest absolute Gasteiger partial charge is 0.343 e. The number of anilines is 1.